The summed E-state index contributed by atoms with van der Waals surface area (Å²) in [6.45, 7) is 0.582. The summed E-state index contributed by atoms with van der Waals surface area (Å²) < 4.78 is 0. The minimum atomic E-state index is -0.415. The molecule has 0 aromatic heterocycles. The maximum atomic E-state index is 10.7. The van der Waals surface area contributed by atoms with Gasteiger partial charge in [0.05, 0.1) is 0 Å². The van der Waals surface area contributed by atoms with Crippen LogP contribution in [-0.4, -0.2) is 21.5 Å². The number of carbonyl (C=O) groups is 1. The number of benzene rings is 1. The molecule has 1 N–H and O–H groups in total. The van der Waals surface area contributed by atoms with Crippen LogP contribution in [0.1, 0.15) is 15.9 Å². The second kappa shape index (κ2) is 4.12. The second-order valence-corrected chi connectivity index (χ2v) is 2.44. The van der Waals surface area contributed by atoms with Gasteiger partial charge < -0.3 is 10.0 Å². The Labute approximate surface area is 74.2 Å². The van der Waals surface area contributed by atoms with Crippen molar-refractivity contribution in [3.05, 3.63) is 35.4 Å². The number of hydrogen-bond acceptors (Lipinski definition) is 2. The van der Waals surface area contributed by atoms with Crippen molar-refractivity contribution in [2.45, 2.75) is 6.54 Å². The largest absolute Gasteiger partial charge is 0.363 e. The lowest BCUT2D eigenvalue weighted by Gasteiger charge is -2.00. The minimum absolute atomic E-state index is 0.415. The van der Waals surface area contributed by atoms with Crippen LogP contribution in [0.4, 0.5) is 0 Å². The first-order valence-electron chi connectivity index (χ1n) is 3.56. The first kappa shape index (κ1) is 9.07. The molecule has 1 aromatic rings. The van der Waals surface area contributed by atoms with Crippen molar-refractivity contribution in [2.75, 3.05) is 0 Å². The lowest BCUT2D eigenvalue weighted by atomic mass is 9.94. The Morgan fingerprint density at radius 2 is 1.92 bits per heavy atom. The third-order valence-electron chi connectivity index (χ3n) is 1.54. The number of nitrogens with one attached hydrogen (secondary N) is 1. The van der Waals surface area contributed by atoms with Gasteiger partial charge in [-0.3, -0.25) is 0 Å². The van der Waals surface area contributed by atoms with E-state index in [0.29, 0.717) is 12.1 Å². The van der Waals surface area contributed by atoms with Crippen LogP contribution in [-0.2, 0) is 6.54 Å². The van der Waals surface area contributed by atoms with Gasteiger partial charge in [-0.25, -0.2) is 0 Å². The molecule has 1 rings (SSSR count). The quantitative estimate of drug-likeness (QED) is 0.630. The predicted octanol–water partition coefficient (Wildman–Crippen LogP) is 0.168. The topological polar surface area (TPSA) is 29.1 Å². The number of hydrogen-bond donors (Lipinski definition) is 1. The molecule has 4 radical (unpaired) electrons. The van der Waals surface area contributed by atoms with Gasteiger partial charge >= 0.3 is 0 Å². The van der Waals surface area contributed by atoms with Crippen LogP contribution in [0.5, 0.6) is 0 Å². The Morgan fingerprint density at radius 1 is 1.33 bits per heavy atom. The smallest absolute Gasteiger partial charge is 0.178 e. The molecule has 2 nitrogen and oxygen atoms in total. The lowest BCUT2D eigenvalue weighted by Crippen LogP contribution is -2.07. The zero-order valence-electron chi connectivity index (χ0n) is 6.58. The van der Waals surface area contributed by atoms with Gasteiger partial charge in [-0.2, -0.15) is 0 Å². The minimum Gasteiger partial charge on any atom is -0.363 e. The molecule has 56 valence electrons. The van der Waals surface area contributed by atoms with Crippen molar-refractivity contribution in [2.24, 2.45) is 0 Å². The third kappa shape index (κ3) is 2.24. The van der Waals surface area contributed by atoms with E-state index in [4.69, 9.17) is 15.8 Å². The van der Waals surface area contributed by atoms with E-state index in [9.17, 15) is 4.79 Å². The van der Waals surface area contributed by atoms with E-state index >= 15 is 0 Å². The van der Waals surface area contributed by atoms with Crippen LogP contribution in [0.25, 0.3) is 0 Å². The molecule has 0 aliphatic rings. The highest BCUT2D eigenvalue weighted by atomic mass is 16.1. The molecular weight excluding hydrogens is 148 g/mol. The summed E-state index contributed by atoms with van der Waals surface area (Å²) in [5.41, 5.74) is 1.11. The normalized spacial score (nSPS) is 9.67. The van der Waals surface area contributed by atoms with Crippen molar-refractivity contribution in [3.8, 4) is 0 Å². The highest BCUT2D eigenvalue weighted by Crippen LogP contribution is 2.03. The van der Waals surface area contributed by atoms with E-state index < -0.39 is 5.68 Å². The molecule has 0 heterocycles. The summed E-state index contributed by atoms with van der Waals surface area (Å²) >= 11 is 0. The SMILES string of the molecule is [B]NCc1ccc(C([B])=O)cc1. The Kier molecular flexibility index (Phi) is 3.11. The molecule has 1 aromatic carbocycles. The zero-order chi connectivity index (χ0) is 8.97. The lowest BCUT2D eigenvalue weighted by molar-refractivity contribution is 0.108. The second-order valence-electron chi connectivity index (χ2n) is 2.44. The fourth-order valence-electron chi connectivity index (χ4n) is 0.905. The molecule has 0 unspecified atom stereocenters. The highest BCUT2D eigenvalue weighted by Gasteiger charge is 1.96. The van der Waals surface area contributed by atoms with Crippen molar-refractivity contribution in [3.63, 3.8) is 0 Å². The molecule has 0 bridgehead atoms. The van der Waals surface area contributed by atoms with Crippen LogP contribution in [0.15, 0.2) is 24.3 Å². The maximum Gasteiger partial charge on any atom is 0.178 e. The summed E-state index contributed by atoms with van der Waals surface area (Å²) in [6.07, 6.45) is 0. The number of rotatable bonds is 3. The van der Waals surface area contributed by atoms with Gasteiger partial charge in [0.15, 0.2) is 15.8 Å². The molecule has 0 aliphatic heterocycles. The van der Waals surface area contributed by atoms with Gasteiger partial charge in [-0.1, -0.05) is 24.3 Å². The Balaban J connectivity index is 2.78. The molecule has 0 fully saturated rings. The summed E-state index contributed by atoms with van der Waals surface area (Å²) in [5, 5.41) is 2.52. The van der Waals surface area contributed by atoms with E-state index in [1.165, 1.54) is 0 Å². The van der Waals surface area contributed by atoms with Gasteiger partial charge in [0.1, 0.15) is 5.68 Å². The van der Waals surface area contributed by atoms with Crippen LogP contribution >= 0.6 is 0 Å². The van der Waals surface area contributed by atoms with Crippen molar-refractivity contribution in [1.29, 1.82) is 0 Å². The molecule has 0 atom stereocenters. The Bertz CT molecular complexity index is 271. The molecule has 0 saturated carbocycles. The van der Waals surface area contributed by atoms with E-state index in [0.717, 1.165) is 5.56 Å². The fourth-order valence-corrected chi connectivity index (χ4v) is 0.905. The van der Waals surface area contributed by atoms with Crippen molar-refractivity contribution < 1.29 is 4.79 Å². The van der Waals surface area contributed by atoms with E-state index in [1.807, 2.05) is 0 Å². The first-order chi connectivity index (χ1) is 5.74. The summed E-state index contributed by atoms with van der Waals surface area (Å²) in [4.78, 5) is 10.7. The molecule has 0 aliphatic carbocycles. The van der Waals surface area contributed by atoms with Crippen LogP contribution in [0.2, 0.25) is 0 Å². The van der Waals surface area contributed by atoms with E-state index in [-0.39, 0.29) is 0 Å². The Morgan fingerprint density at radius 3 is 2.33 bits per heavy atom. The van der Waals surface area contributed by atoms with Crippen molar-refractivity contribution >= 4 is 21.5 Å². The van der Waals surface area contributed by atoms with Gasteiger partial charge in [-0.05, 0) is 5.56 Å². The van der Waals surface area contributed by atoms with Crippen LogP contribution in [0, 0.1) is 0 Å². The Hall–Kier alpha value is -1.02. The summed E-state index contributed by atoms with van der Waals surface area (Å²) in [7, 11) is 10.2. The third-order valence-corrected chi connectivity index (χ3v) is 1.54. The van der Waals surface area contributed by atoms with Gasteiger partial charge in [0.25, 0.3) is 0 Å². The van der Waals surface area contributed by atoms with Crippen molar-refractivity contribution in [1.82, 2.24) is 5.23 Å². The first-order valence-corrected chi connectivity index (χ1v) is 3.56. The predicted molar refractivity (Wildman–Crippen MR) is 49.1 cm³/mol. The zero-order valence-corrected chi connectivity index (χ0v) is 6.58. The van der Waals surface area contributed by atoms with Gasteiger partial charge in [0.2, 0.25) is 0 Å². The summed E-state index contributed by atoms with van der Waals surface area (Å²) in [5.74, 6) is 0. The molecule has 4 heteroatoms. The summed E-state index contributed by atoms with van der Waals surface area (Å²) in [6, 6.07) is 6.96. The van der Waals surface area contributed by atoms with Crippen LogP contribution < -0.4 is 5.23 Å². The fraction of sp³-hybridized carbons (Fsp3) is 0.125. The number of carbonyl (C=O) groups excluding carboxylic acids is 1. The molecule has 0 spiro atoms. The van der Waals surface area contributed by atoms with Gasteiger partial charge in [0, 0.05) is 12.1 Å². The average Bonchev–Trinajstić information content (AvgIpc) is 2.06. The molecule has 0 amide bonds. The molecular formula is C8H7B2NO. The maximum absolute atomic E-state index is 10.7. The highest BCUT2D eigenvalue weighted by molar-refractivity contribution is 6.62. The van der Waals surface area contributed by atoms with E-state index in [2.05, 4.69) is 5.23 Å². The monoisotopic (exact) mass is 155 g/mol. The van der Waals surface area contributed by atoms with E-state index in [1.54, 1.807) is 24.3 Å². The molecule has 0 saturated heterocycles. The van der Waals surface area contributed by atoms with Gasteiger partial charge in [-0.15, -0.1) is 0 Å². The standard InChI is InChI=1S/C8H7B2NO/c9-8(12)7-3-1-6(2-4-7)5-11-10/h1-4,11H,5H2. The molecule has 12 heavy (non-hydrogen) atoms. The average molecular weight is 155 g/mol. The van der Waals surface area contributed by atoms with Crippen LogP contribution in [0.3, 0.4) is 0 Å².